The molecule has 28 heavy (non-hydrogen) atoms. The number of hydrogen-bond donors (Lipinski definition) is 2. The maximum Gasteiger partial charge on any atom is 0.258 e. The van der Waals surface area contributed by atoms with Crippen molar-refractivity contribution in [3.8, 4) is 0 Å². The summed E-state index contributed by atoms with van der Waals surface area (Å²) in [7, 11) is 0. The molecule has 3 rings (SSSR count). The lowest BCUT2D eigenvalue weighted by Gasteiger charge is -2.32. The molecule has 148 valence electrons. The molecule has 2 aromatic carbocycles. The van der Waals surface area contributed by atoms with E-state index >= 15 is 0 Å². The number of amides is 1. The molecule has 1 amide bonds. The second-order valence-corrected chi connectivity index (χ2v) is 8.53. The predicted molar refractivity (Wildman–Crippen MR) is 122 cm³/mol. The van der Waals surface area contributed by atoms with Crippen molar-refractivity contribution in [2.75, 3.05) is 23.3 Å². The third kappa shape index (κ3) is 5.29. The highest BCUT2D eigenvalue weighted by molar-refractivity contribution is 7.80. The van der Waals surface area contributed by atoms with E-state index in [9.17, 15) is 4.79 Å². The van der Waals surface area contributed by atoms with Gasteiger partial charge in [0.15, 0.2) is 5.11 Å². The maximum atomic E-state index is 12.3. The van der Waals surface area contributed by atoms with Crippen LogP contribution in [0.4, 0.5) is 11.4 Å². The molecule has 4 nitrogen and oxygen atoms in total. The minimum absolute atomic E-state index is 0.159. The zero-order chi connectivity index (χ0) is 20.3. The number of benzene rings is 2. The van der Waals surface area contributed by atoms with Crippen LogP contribution in [0, 0.1) is 5.92 Å². The molecule has 0 bridgehead atoms. The predicted octanol–water partition coefficient (Wildman–Crippen LogP) is 6.01. The lowest BCUT2D eigenvalue weighted by molar-refractivity contribution is 0.0978. The Labute approximate surface area is 185 Å². The van der Waals surface area contributed by atoms with E-state index in [0.29, 0.717) is 21.3 Å². The molecular weight excluding hydrogens is 437 g/mol. The molecular formula is C20H20Cl3N3OS. The highest BCUT2D eigenvalue weighted by Crippen LogP contribution is 2.31. The molecule has 0 aromatic heterocycles. The van der Waals surface area contributed by atoms with E-state index in [1.165, 1.54) is 18.9 Å². The lowest BCUT2D eigenvalue weighted by atomic mass is 9.99. The Balaban J connectivity index is 1.62. The average Bonchev–Trinajstić information content (AvgIpc) is 2.62. The molecule has 0 spiro atoms. The molecule has 0 saturated carbocycles. The third-order valence-electron chi connectivity index (χ3n) is 4.73. The molecule has 1 aliphatic rings. The molecule has 0 atom stereocenters. The van der Waals surface area contributed by atoms with Gasteiger partial charge >= 0.3 is 0 Å². The van der Waals surface area contributed by atoms with E-state index in [0.717, 1.165) is 24.7 Å². The molecule has 0 aliphatic carbocycles. The van der Waals surface area contributed by atoms with Crippen LogP contribution < -0.4 is 15.5 Å². The number of piperidine rings is 1. The van der Waals surface area contributed by atoms with Crippen LogP contribution in [0.15, 0.2) is 36.4 Å². The molecule has 1 aliphatic heterocycles. The van der Waals surface area contributed by atoms with Crippen LogP contribution in [0.25, 0.3) is 0 Å². The van der Waals surface area contributed by atoms with Crippen LogP contribution >= 0.6 is 47.0 Å². The number of nitrogens with zero attached hydrogens (tertiary/aromatic N) is 1. The number of rotatable bonds is 3. The van der Waals surface area contributed by atoms with Gasteiger partial charge in [0.1, 0.15) is 0 Å². The Bertz CT molecular complexity index is 898. The van der Waals surface area contributed by atoms with Gasteiger partial charge in [-0.2, -0.15) is 0 Å². The van der Waals surface area contributed by atoms with Gasteiger partial charge in [-0.05, 0) is 67.4 Å². The fourth-order valence-electron chi connectivity index (χ4n) is 3.10. The number of thiocarbonyl (C=S) groups is 1. The minimum atomic E-state index is -0.413. The van der Waals surface area contributed by atoms with Gasteiger partial charge in [0, 0.05) is 23.8 Å². The molecule has 8 heteroatoms. The Morgan fingerprint density at radius 1 is 1.07 bits per heavy atom. The van der Waals surface area contributed by atoms with Crippen molar-refractivity contribution in [2.24, 2.45) is 5.92 Å². The summed E-state index contributed by atoms with van der Waals surface area (Å²) in [6.07, 6.45) is 2.33. The Hall–Kier alpha value is -1.53. The summed E-state index contributed by atoms with van der Waals surface area (Å²) in [6, 6.07) is 10.3. The van der Waals surface area contributed by atoms with E-state index in [2.05, 4.69) is 22.5 Å². The van der Waals surface area contributed by atoms with E-state index in [4.69, 9.17) is 47.0 Å². The first-order valence-corrected chi connectivity index (χ1v) is 10.5. The van der Waals surface area contributed by atoms with Gasteiger partial charge in [0.2, 0.25) is 0 Å². The van der Waals surface area contributed by atoms with E-state index in [1.807, 2.05) is 18.2 Å². The Kier molecular flexibility index (Phi) is 7.05. The van der Waals surface area contributed by atoms with Crippen molar-refractivity contribution in [3.63, 3.8) is 0 Å². The normalized spacial score (nSPS) is 14.6. The van der Waals surface area contributed by atoms with Crippen molar-refractivity contribution in [1.29, 1.82) is 0 Å². The van der Waals surface area contributed by atoms with Gasteiger partial charge in [-0.1, -0.05) is 41.7 Å². The molecule has 2 N–H and O–H groups in total. The minimum Gasteiger partial charge on any atom is -0.370 e. The van der Waals surface area contributed by atoms with E-state index in [1.54, 1.807) is 12.1 Å². The lowest BCUT2D eigenvalue weighted by Crippen LogP contribution is -2.34. The highest BCUT2D eigenvalue weighted by Gasteiger charge is 2.18. The van der Waals surface area contributed by atoms with Crippen molar-refractivity contribution in [3.05, 3.63) is 57.0 Å². The summed E-state index contributed by atoms with van der Waals surface area (Å²) in [6.45, 7) is 4.28. The zero-order valence-electron chi connectivity index (χ0n) is 15.3. The van der Waals surface area contributed by atoms with Gasteiger partial charge in [-0.3, -0.25) is 10.1 Å². The number of anilines is 2. The highest BCUT2D eigenvalue weighted by atomic mass is 35.5. The number of nitrogens with one attached hydrogen (secondary N) is 2. The van der Waals surface area contributed by atoms with Gasteiger partial charge < -0.3 is 10.2 Å². The molecule has 2 aromatic rings. The largest absolute Gasteiger partial charge is 0.370 e. The smallest absolute Gasteiger partial charge is 0.258 e. The molecule has 0 radical (unpaired) electrons. The average molecular weight is 457 g/mol. The number of halogens is 3. The summed E-state index contributed by atoms with van der Waals surface area (Å²) in [5, 5.41) is 7.11. The van der Waals surface area contributed by atoms with Crippen LogP contribution in [-0.4, -0.2) is 24.1 Å². The van der Waals surface area contributed by atoms with Crippen LogP contribution in [0.5, 0.6) is 0 Å². The van der Waals surface area contributed by atoms with Crippen molar-refractivity contribution < 1.29 is 4.79 Å². The summed E-state index contributed by atoms with van der Waals surface area (Å²) < 4.78 is 0. The number of carbonyl (C=O) groups is 1. The fraction of sp³-hybridized carbons (Fsp3) is 0.300. The summed E-state index contributed by atoms with van der Waals surface area (Å²) >= 11 is 23.6. The number of carbonyl (C=O) groups excluding carboxylic acids is 1. The fourth-order valence-corrected chi connectivity index (χ4v) is 4.10. The first kappa shape index (κ1) is 21.2. The van der Waals surface area contributed by atoms with Gasteiger partial charge in [-0.25, -0.2) is 0 Å². The van der Waals surface area contributed by atoms with Gasteiger partial charge in [-0.15, -0.1) is 0 Å². The van der Waals surface area contributed by atoms with Crippen molar-refractivity contribution in [2.45, 2.75) is 19.8 Å². The molecule has 1 heterocycles. The second kappa shape index (κ2) is 9.31. The molecule has 1 fully saturated rings. The Morgan fingerprint density at radius 3 is 2.43 bits per heavy atom. The van der Waals surface area contributed by atoms with Crippen LogP contribution in [-0.2, 0) is 0 Å². The number of hydrogen-bond acceptors (Lipinski definition) is 3. The van der Waals surface area contributed by atoms with Gasteiger partial charge in [0.25, 0.3) is 5.91 Å². The summed E-state index contributed by atoms with van der Waals surface area (Å²) in [5.74, 6) is 0.343. The zero-order valence-corrected chi connectivity index (χ0v) is 18.4. The first-order valence-electron chi connectivity index (χ1n) is 8.95. The van der Waals surface area contributed by atoms with Gasteiger partial charge in [0.05, 0.1) is 21.3 Å². The van der Waals surface area contributed by atoms with Crippen molar-refractivity contribution >= 4 is 69.4 Å². The molecule has 0 unspecified atom stereocenters. The van der Waals surface area contributed by atoms with Crippen molar-refractivity contribution in [1.82, 2.24) is 5.32 Å². The van der Waals surface area contributed by atoms with E-state index < -0.39 is 5.91 Å². The maximum absolute atomic E-state index is 12.3. The first-order chi connectivity index (χ1) is 13.3. The third-order valence-corrected chi connectivity index (χ3v) is 5.79. The summed E-state index contributed by atoms with van der Waals surface area (Å²) in [5.41, 5.74) is 2.01. The van der Waals surface area contributed by atoms with E-state index in [-0.39, 0.29) is 10.1 Å². The standard InChI is InChI=1S/C20H20Cl3N3OS/c1-12-6-8-26(9-7-12)18-5-3-14(11-17(18)23)24-20(28)25-19(27)15-4-2-13(21)10-16(15)22/h2-5,10-12H,6-9H2,1H3,(H2,24,25,27,28). The Morgan fingerprint density at radius 2 is 1.79 bits per heavy atom. The van der Waals surface area contributed by atoms with Crippen LogP contribution in [0.3, 0.4) is 0 Å². The quantitative estimate of drug-likeness (QED) is 0.555. The topological polar surface area (TPSA) is 44.4 Å². The van der Waals surface area contributed by atoms with Crippen LogP contribution in [0.2, 0.25) is 15.1 Å². The summed E-state index contributed by atoms with van der Waals surface area (Å²) in [4.78, 5) is 14.6. The van der Waals surface area contributed by atoms with Crippen LogP contribution in [0.1, 0.15) is 30.1 Å². The monoisotopic (exact) mass is 455 g/mol. The second-order valence-electron chi connectivity index (χ2n) is 6.87. The molecule has 1 saturated heterocycles. The SMILES string of the molecule is CC1CCN(c2ccc(NC(=S)NC(=O)c3ccc(Cl)cc3Cl)cc2Cl)CC1.